The van der Waals surface area contributed by atoms with Crippen molar-refractivity contribution in [2.24, 2.45) is 0 Å². The van der Waals surface area contributed by atoms with Crippen molar-refractivity contribution in [1.29, 1.82) is 0 Å². The molecule has 0 aliphatic carbocycles. The van der Waals surface area contributed by atoms with Gasteiger partial charge in [0.25, 0.3) is 0 Å². The summed E-state index contributed by atoms with van der Waals surface area (Å²) >= 11 is 0. The standard InChI is InChI=1S/C17H18N3O5S.2C2H6.V.Y/c1-17(2,26(3,24)25)16(23)19-12-4-5-13(14(21)10-12)20-15(22)11-6-8-18-9-7-11;2*1-2;;/h5-10,21H,1-3H3,(H,19,23)(H,20,22);2*1-2H3;;/q-1;;;;. The van der Waals surface area contributed by atoms with E-state index in [9.17, 15) is 23.1 Å². The van der Waals surface area contributed by atoms with Crippen molar-refractivity contribution in [2.75, 3.05) is 16.9 Å². The van der Waals surface area contributed by atoms with Crippen LogP contribution < -0.4 is 10.6 Å². The predicted molar refractivity (Wildman–Crippen MR) is 119 cm³/mol. The van der Waals surface area contributed by atoms with Gasteiger partial charge >= 0.3 is 0 Å². The molecule has 174 valence electrons. The Hall–Kier alpha value is -1.25. The van der Waals surface area contributed by atoms with Gasteiger partial charge in [0.05, 0.1) is 0 Å². The largest absolute Gasteiger partial charge is 0.531 e. The second-order valence-corrected chi connectivity index (χ2v) is 8.64. The molecular weight excluding hydrogens is 546 g/mol. The maximum absolute atomic E-state index is 12.2. The summed E-state index contributed by atoms with van der Waals surface area (Å²) in [5.41, 5.74) is 0.519. The van der Waals surface area contributed by atoms with Crippen LogP contribution >= 0.6 is 0 Å². The first-order valence-corrected chi connectivity index (χ1v) is 11.4. The minimum absolute atomic E-state index is 0. The molecule has 1 aromatic carbocycles. The number of hydrogen-bond acceptors (Lipinski definition) is 6. The van der Waals surface area contributed by atoms with Gasteiger partial charge in [-0.15, -0.1) is 12.1 Å². The molecule has 0 saturated heterocycles. The van der Waals surface area contributed by atoms with Crippen LogP contribution in [0.5, 0.6) is 5.75 Å². The van der Waals surface area contributed by atoms with E-state index in [4.69, 9.17) is 0 Å². The molecule has 0 bridgehead atoms. The summed E-state index contributed by atoms with van der Waals surface area (Å²) < 4.78 is 21.7. The number of hydrogen-bond donors (Lipinski definition) is 3. The third-order valence-corrected chi connectivity index (χ3v) is 5.88. The maximum Gasteiger partial charge on any atom is 0.245 e. The number of nitrogens with one attached hydrogen (secondary N) is 2. The summed E-state index contributed by atoms with van der Waals surface area (Å²) in [6.45, 7) is 10.6. The van der Waals surface area contributed by atoms with Crippen molar-refractivity contribution in [3.63, 3.8) is 0 Å². The summed E-state index contributed by atoms with van der Waals surface area (Å²) in [6.07, 6.45) is 3.89. The van der Waals surface area contributed by atoms with Gasteiger partial charge in [0, 0.05) is 81.2 Å². The maximum atomic E-state index is 12.2. The second-order valence-electron chi connectivity index (χ2n) is 6.07. The molecule has 0 unspecified atom stereocenters. The Labute approximate surface area is 228 Å². The smallest absolute Gasteiger partial charge is 0.245 e. The number of nitrogens with zero attached hydrogens (tertiary/aromatic N) is 1. The number of amides is 2. The Bertz CT molecular complexity index is 955. The first kappa shape index (κ1) is 35.3. The first-order valence-electron chi connectivity index (χ1n) is 9.49. The van der Waals surface area contributed by atoms with Crippen LogP contribution in [0.1, 0.15) is 51.9 Å². The van der Waals surface area contributed by atoms with Crippen LogP contribution in [0.4, 0.5) is 11.4 Å². The van der Waals surface area contributed by atoms with Crippen molar-refractivity contribution in [3.05, 3.63) is 48.3 Å². The van der Waals surface area contributed by atoms with E-state index in [1.807, 2.05) is 27.7 Å². The zero-order chi connectivity index (χ0) is 23.5. The van der Waals surface area contributed by atoms with Gasteiger partial charge in [-0.1, -0.05) is 33.4 Å². The van der Waals surface area contributed by atoms with Gasteiger partial charge in [-0.05, 0) is 31.7 Å². The molecule has 0 atom stereocenters. The fourth-order valence-corrected chi connectivity index (χ4v) is 2.18. The van der Waals surface area contributed by atoms with Crippen molar-refractivity contribution < 1.29 is 74.4 Å². The topological polar surface area (TPSA) is 125 Å². The molecule has 0 aliphatic heterocycles. The molecule has 2 aromatic rings. The quantitative estimate of drug-likeness (QED) is 0.369. The molecule has 2 rings (SSSR count). The zero-order valence-corrected chi connectivity index (χ0v) is 24.5. The molecular formula is C21H30N3O5SVY-. The zero-order valence-electron chi connectivity index (χ0n) is 19.4. The van der Waals surface area contributed by atoms with E-state index >= 15 is 0 Å². The van der Waals surface area contributed by atoms with Gasteiger partial charge in [0.15, 0.2) is 9.84 Å². The van der Waals surface area contributed by atoms with Crippen molar-refractivity contribution in [2.45, 2.75) is 46.3 Å². The van der Waals surface area contributed by atoms with Gasteiger partial charge in [-0.3, -0.25) is 14.6 Å². The minimum Gasteiger partial charge on any atom is -0.531 e. The number of carbonyl (C=O) groups excluding carboxylic acids is 2. The number of rotatable bonds is 5. The van der Waals surface area contributed by atoms with Gasteiger partial charge in [0.2, 0.25) is 11.8 Å². The average molecular weight is 576 g/mol. The van der Waals surface area contributed by atoms with Crippen LogP contribution in [0.25, 0.3) is 0 Å². The molecule has 8 nitrogen and oxygen atoms in total. The molecule has 1 heterocycles. The number of aromatic nitrogens is 1. The monoisotopic (exact) mass is 576 g/mol. The van der Waals surface area contributed by atoms with Crippen LogP contribution in [0.2, 0.25) is 0 Å². The van der Waals surface area contributed by atoms with E-state index in [1.54, 1.807) is 0 Å². The summed E-state index contributed by atoms with van der Waals surface area (Å²) in [7, 11) is -3.64. The Morgan fingerprint density at radius 3 is 2.00 bits per heavy atom. The van der Waals surface area contributed by atoms with E-state index in [0.717, 1.165) is 6.26 Å². The van der Waals surface area contributed by atoms with E-state index in [2.05, 4.69) is 21.7 Å². The fraction of sp³-hybridized carbons (Fsp3) is 0.381. The van der Waals surface area contributed by atoms with E-state index in [0.29, 0.717) is 5.56 Å². The van der Waals surface area contributed by atoms with Gasteiger partial charge < -0.3 is 15.7 Å². The average Bonchev–Trinajstić information content (AvgIpc) is 2.72. The summed E-state index contributed by atoms with van der Waals surface area (Å²) in [5.74, 6) is -1.52. The third-order valence-electron chi connectivity index (χ3n) is 3.84. The molecule has 2 amide bonds. The molecule has 2 radical (unpaired) electrons. The van der Waals surface area contributed by atoms with Crippen LogP contribution in [0.15, 0.2) is 36.7 Å². The number of carbonyl (C=O) groups is 2. The number of benzene rings is 1. The van der Waals surface area contributed by atoms with Crippen molar-refractivity contribution in [1.82, 2.24) is 4.98 Å². The van der Waals surface area contributed by atoms with Crippen molar-refractivity contribution >= 4 is 33.0 Å². The van der Waals surface area contributed by atoms with Gasteiger partial charge in [-0.25, -0.2) is 8.42 Å². The van der Waals surface area contributed by atoms with Gasteiger partial charge in [0.1, 0.15) is 4.75 Å². The number of phenols is 1. The summed E-state index contributed by atoms with van der Waals surface area (Å²) in [5, 5.41) is 14.9. The second kappa shape index (κ2) is 16.4. The van der Waals surface area contributed by atoms with Crippen LogP contribution in [-0.2, 0) is 65.9 Å². The molecule has 3 N–H and O–H groups in total. The van der Waals surface area contributed by atoms with Crippen LogP contribution in [-0.4, -0.2) is 41.3 Å². The normalized spacial score (nSPS) is 9.84. The van der Waals surface area contributed by atoms with Crippen LogP contribution in [0.3, 0.4) is 0 Å². The van der Waals surface area contributed by atoms with E-state index in [-0.39, 0.29) is 68.4 Å². The number of anilines is 2. The van der Waals surface area contributed by atoms with Gasteiger partial charge in [-0.2, -0.15) is 6.07 Å². The molecule has 0 spiro atoms. The predicted octanol–water partition coefficient (Wildman–Crippen LogP) is 3.65. The minimum atomic E-state index is -3.64. The number of aromatic hydroxyl groups is 1. The number of pyridine rings is 1. The fourth-order valence-electron chi connectivity index (χ4n) is 1.79. The van der Waals surface area contributed by atoms with E-state index < -0.39 is 26.4 Å². The molecule has 1 aromatic heterocycles. The van der Waals surface area contributed by atoms with E-state index in [1.165, 1.54) is 50.5 Å². The molecule has 11 heteroatoms. The Kier molecular flexibility index (Phi) is 18.1. The molecule has 0 aliphatic rings. The Morgan fingerprint density at radius 1 is 1.06 bits per heavy atom. The number of phenolic OH excluding ortho intramolecular Hbond substituents is 1. The van der Waals surface area contributed by atoms with Crippen molar-refractivity contribution in [3.8, 4) is 5.75 Å². The molecule has 0 saturated carbocycles. The van der Waals surface area contributed by atoms with Crippen LogP contribution in [0, 0.1) is 6.07 Å². The SMILES string of the molecule is CC.CC.CC(C)(C(=O)Nc1[c-]cc(NC(=O)c2ccncc2)c(O)c1)S(C)(=O)=O.[V].[Y]. The summed E-state index contributed by atoms with van der Waals surface area (Å²) in [4.78, 5) is 28.1. The Balaban J connectivity index is -0.00000132. The Morgan fingerprint density at radius 2 is 1.56 bits per heavy atom. The summed E-state index contributed by atoms with van der Waals surface area (Å²) in [6, 6.07) is 8.14. The number of sulfone groups is 1. The first-order chi connectivity index (χ1) is 14.0. The molecule has 32 heavy (non-hydrogen) atoms. The third kappa shape index (κ3) is 10.1. The molecule has 0 fully saturated rings.